The third-order valence-electron chi connectivity index (χ3n) is 4.27. The third-order valence-corrected chi connectivity index (χ3v) is 5.70. The highest BCUT2D eigenvalue weighted by Crippen LogP contribution is 2.41. The predicted octanol–water partition coefficient (Wildman–Crippen LogP) is 5.87. The van der Waals surface area contributed by atoms with Crippen molar-refractivity contribution in [3.05, 3.63) is 11.6 Å². The average Bonchev–Trinajstić information content (AvgIpc) is 2.75. The van der Waals surface area contributed by atoms with Crippen molar-refractivity contribution in [3.8, 4) is 0 Å². The highest BCUT2D eigenvalue weighted by molar-refractivity contribution is 7.38. The lowest BCUT2D eigenvalue weighted by Crippen LogP contribution is -2.17. The minimum Gasteiger partial charge on any atom is -0.119 e. The van der Waals surface area contributed by atoms with Crippen LogP contribution in [0, 0.1) is 17.8 Å². The zero-order valence-corrected chi connectivity index (χ0v) is 14.1. The molecule has 4 atom stereocenters. The SMILES string of the molecule is CCCC(C)C(CC(C)C)C1=CCC(PCC)C1. The molecule has 0 aliphatic heterocycles. The molecule has 0 fully saturated rings. The topological polar surface area (TPSA) is 0 Å². The lowest BCUT2D eigenvalue weighted by Gasteiger charge is -2.27. The number of allylic oxidation sites excluding steroid dienone is 2. The molecule has 0 heterocycles. The van der Waals surface area contributed by atoms with Gasteiger partial charge in [-0.15, -0.1) is 8.58 Å². The predicted molar refractivity (Wildman–Crippen MR) is 87.0 cm³/mol. The van der Waals surface area contributed by atoms with E-state index < -0.39 is 0 Å². The van der Waals surface area contributed by atoms with Gasteiger partial charge in [0.05, 0.1) is 0 Å². The van der Waals surface area contributed by atoms with E-state index in [0.717, 1.165) is 23.4 Å². The van der Waals surface area contributed by atoms with Gasteiger partial charge in [-0.1, -0.05) is 59.1 Å². The molecule has 0 aromatic rings. The molecule has 0 aromatic heterocycles. The van der Waals surface area contributed by atoms with Crippen LogP contribution in [0.2, 0.25) is 0 Å². The zero-order chi connectivity index (χ0) is 13.5. The molecule has 1 heteroatoms. The second kappa shape index (κ2) is 8.36. The van der Waals surface area contributed by atoms with E-state index in [2.05, 4.69) is 40.7 Å². The summed E-state index contributed by atoms with van der Waals surface area (Å²) in [7, 11) is 1.19. The van der Waals surface area contributed by atoms with Crippen LogP contribution < -0.4 is 0 Å². The fraction of sp³-hybridized carbons (Fsp3) is 0.882. The summed E-state index contributed by atoms with van der Waals surface area (Å²) in [5.74, 6) is 2.59. The van der Waals surface area contributed by atoms with E-state index in [1.807, 2.05) is 5.57 Å². The Kier molecular flexibility index (Phi) is 7.54. The summed E-state index contributed by atoms with van der Waals surface area (Å²) in [5, 5.41) is 0. The summed E-state index contributed by atoms with van der Waals surface area (Å²) < 4.78 is 0. The molecule has 0 aromatic carbocycles. The molecular weight excluding hydrogens is 235 g/mol. The van der Waals surface area contributed by atoms with Crippen LogP contribution >= 0.6 is 8.58 Å². The summed E-state index contributed by atoms with van der Waals surface area (Å²) >= 11 is 0. The molecule has 1 rings (SSSR count). The fourth-order valence-electron chi connectivity index (χ4n) is 3.41. The van der Waals surface area contributed by atoms with Gasteiger partial charge in [0.15, 0.2) is 0 Å². The Balaban J connectivity index is 2.60. The van der Waals surface area contributed by atoms with Gasteiger partial charge in [0.1, 0.15) is 0 Å². The first-order valence-electron chi connectivity index (χ1n) is 8.00. The van der Waals surface area contributed by atoms with Gasteiger partial charge in [0, 0.05) is 0 Å². The smallest absolute Gasteiger partial charge is 0.0165 e. The Morgan fingerprint density at radius 3 is 2.56 bits per heavy atom. The minimum absolute atomic E-state index is 0.836. The quantitative estimate of drug-likeness (QED) is 0.381. The molecule has 1 aliphatic carbocycles. The van der Waals surface area contributed by atoms with Crippen molar-refractivity contribution in [2.45, 2.75) is 72.4 Å². The first-order chi connectivity index (χ1) is 8.58. The van der Waals surface area contributed by atoms with Crippen molar-refractivity contribution >= 4 is 8.58 Å². The van der Waals surface area contributed by atoms with Gasteiger partial charge in [-0.3, -0.25) is 0 Å². The molecule has 0 nitrogen and oxygen atoms in total. The zero-order valence-electron chi connectivity index (χ0n) is 13.1. The monoisotopic (exact) mass is 268 g/mol. The van der Waals surface area contributed by atoms with Crippen LogP contribution in [0.4, 0.5) is 0 Å². The second-order valence-corrected chi connectivity index (χ2v) is 8.41. The van der Waals surface area contributed by atoms with Crippen molar-refractivity contribution in [1.29, 1.82) is 0 Å². The molecule has 0 saturated carbocycles. The second-order valence-electron chi connectivity index (χ2n) is 6.48. The number of rotatable bonds is 8. The molecule has 0 bridgehead atoms. The molecule has 1 aliphatic rings. The Morgan fingerprint density at radius 1 is 1.28 bits per heavy atom. The number of hydrogen-bond acceptors (Lipinski definition) is 0. The molecular formula is C17H33P. The molecule has 0 radical (unpaired) electrons. The lowest BCUT2D eigenvalue weighted by atomic mass is 9.79. The van der Waals surface area contributed by atoms with E-state index in [1.165, 1.54) is 46.8 Å². The Labute approximate surface area is 117 Å². The van der Waals surface area contributed by atoms with Crippen LogP contribution in [-0.2, 0) is 0 Å². The summed E-state index contributed by atoms with van der Waals surface area (Å²) in [6.07, 6.45) is 10.9. The van der Waals surface area contributed by atoms with Crippen LogP contribution in [0.15, 0.2) is 11.6 Å². The highest BCUT2D eigenvalue weighted by Gasteiger charge is 2.26. The largest absolute Gasteiger partial charge is 0.119 e. The van der Waals surface area contributed by atoms with Gasteiger partial charge in [-0.25, -0.2) is 0 Å². The number of hydrogen-bond donors (Lipinski definition) is 0. The van der Waals surface area contributed by atoms with Crippen LogP contribution in [-0.4, -0.2) is 11.8 Å². The Morgan fingerprint density at radius 2 is 2.00 bits per heavy atom. The van der Waals surface area contributed by atoms with E-state index in [-0.39, 0.29) is 0 Å². The Bertz CT molecular complexity index is 254. The van der Waals surface area contributed by atoms with Gasteiger partial charge < -0.3 is 0 Å². The van der Waals surface area contributed by atoms with Crippen LogP contribution in [0.5, 0.6) is 0 Å². The molecule has 106 valence electrons. The Hall–Kier alpha value is 0.170. The van der Waals surface area contributed by atoms with E-state index in [4.69, 9.17) is 0 Å². The van der Waals surface area contributed by atoms with Crippen molar-refractivity contribution in [2.24, 2.45) is 17.8 Å². The van der Waals surface area contributed by atoms with E-state index >= 15 is 0 Å². The lowest BCUT2D eigenvalue weighted by molar-refractivity contribution is 0.320. The average molecular weight is 268 g/mol. The molecule has 0 spiro atoms. The highest BCUT2D eigenvalue weighted by atomic mass is 31.1. The van der Waals surface area contributed by atoms with Gasteiger partial charge in [0.2, 0.25) is 0 Å². The van der Waals surface area contributed by atoms with Crippen LogP contribution in [0.3, 0.4) is 0 Å². The first kappa shape index (κ1) is 16.2. The van der Waals surface area contributed by atoms with Crippen LogP contribution in [0.25, 0.3) is 0 Å². The van der Waals surface area contributed by atoms with Gasteiger partial charge in [0.25, 0.3) is 0 Å². The fourth-order valence-corrected chi connectivity index (χ4v) is 4.65. The van der Waals surface area contributed by atoms with Gasteiger partial charge in [-0.2, -0.15) is 0 Å². The van der Waals surface area contributed by atoms with Gasteiger partial charge in [-0.05, 0) is 48.8 Å². The van der Waals surface area contributed by atoms with Crippen molar-refractivity contribution < 1.29 is 0 Å². The maximum absolute atomic E-state index is 2.60. The molecule has 0 saturated heterocycles. The summed E-state index contributed by atoms with van der Waals surface area (Å²) in [6.45, 7) is 11.9. The van der Waals surface area contributed by atoms with Crippen molar-refractivity contribution in [3.63, 3.8) is 0 Å². The van der Waals surface area contributed by atoms with E-state index in [0.29, 0.717) is 0 Å². The molecule has 0 N–H and O–H groups in total. The maximum atomic E-state index is 2.60. The van der Waals surface area contributed by atoms with Gasteiger partial charge >= 0.3 is 0 Å². The molecule has 4 unspecified atom stereocenters. The standard InChI is InChI=1S/C17H33P/c1-6-8-14(5)17(11-13(3)4)15-9-10-16(12-15)18-7-2/h9,13-14,16-18H,6-8,10-12H2,1-5H3. The third kappa shape index (κ3) is 5.04. The van der Waals surface area contributed by atoms with Crippen LogP contribution in [0.1, 0.15) is 66.7 Å². The molecule has 18 heavy (non-hydrogen) atoms. The summed E-state index contributed by atoms with van der Waals surface area (Å²) in [6, 6.07) is 0. The summed E-state index contributed by atoms with van der Waals surface area (Å²) in [5.41, 5.74) is 2.81. The summed E-state index contributed by atoms with van der Waals surface area (Å²) in [4.78, 5) is 0. The van der Waals surface area contributed by atoms with Crippen molar-refractivity contribution in [2.75, 3.05) is 6.16 Å². The van der Waals surface area contributed by atoms with E-state index in [9.17, 15) is 0 Å². The molecule has 0 amide bonds. The minimum atomic E-state index is 0.836. The maximum Gasteiger partial charge on any atom is -0.0165 e. The normalized spacial score (nSPS) is 23.9. The first-order valence-corrected chi connectivity index (χ1v) is 9.29. The van der Waals surface area contributed by atoms with E-state index in [1.54, 1.807) is 0 Å². The van der Waals surface area contributed by atoms with Crippen molar-refractivity contribution in [1.82, 2.24) is 0 Å².